The van der Waals surface area contributed by atoms with Crippen LogP contribution in [0.3, 0.4) is 0 Å². The summed E-state index contributed by atoms with van der Waals surface area (Å²) in [4.78, 5) is 44.5. The summed E-state index contributed by atoms with van der Waals surface area (Å²) in [5, 5.41) is 15.6. The first-order valence-corrected chi connectivity index (χ1v) is 10.7. The summed E-state index contributed by atoms with van der Waals surface area (Å²) in [6.07, 6.45) is -2.16. The molecule has 0 aliphatic heterocycles. The first-order valence-electron chi connectivity index (χ1n) is 10.7. The van der Waals surface area contributed by atoms with Crippen LogP contribution in [0, 0.1) is 10.1 Å². The van der Waals surface area contributed by atoms with Gasteiger partial charge in [-0.15, -0.1) is 0 Å². The predicted molar refractivity (Wildman–Crippen MR) is 120 cm³/mol. The van der Waals surface area contributed by atoms with Gasteiger partial charge in [-0.1, -0.05) is 0 Å². The third-order valence-electron chi connectivity index (χ3n) is 3.59. The SMILES string of the molecule is CC(C)(C)OC(=O)NCCOCCNC(=O)OCCOCCOC(=O)Oc1ccc([N+](=O)[O-])cc1. The smallest absolute Gasteiger partial charge is 0.447 e. The van der Waals surface area contributed by atoms with Gasteiger partial charge in [0.1, 0.15) is 24.6 Å². The molecule has 14 heteroatoms. The van der Waals surface area contributed by atoms with Crippen molar-refractivity contribution in [1.82, 2.24) is 10.6 Å². The van der Waals surface area contributed by atoms with Gasteiger partial charge in [0.15, 0.2) is 0 Å². The maximum atomic E-state index is 11.5. The summed E-state index contributed by atoms with van der Waals surface area (Å²) in [5.41, 5.74) is -0.700. The number of hydrogen-bond acceptors (Lipinski definition) is 11. The fraction of sp³-hybridized carbons (Fsp3) is 0.571. The average Bonchev–Trinajstić information content (AvgIpc) is 2.77. The van der Waals surface area contributed by atoms with Gasteiger partial charge < -0.3 is 39.1 Å². The molecule has 0 fully saturated rings. The van der Waals surface area contributed by atoms with Gasteiger partial charge >= 0.3 is 18.3 Å². The molecule has 35 heavy (non-hydrogen) atoms. The van der Waals surface area contributed by atoms with E-state index in [1.165, 1.54) is 24.3 Å². The van der Waals surface area contributed by atoms with Crippen LogP contribution in [-0.2, 0) is 23.7 Å². The Hall–Kier alpha value is -3.65. The number of ether oxygens (including phenoxy) is 6. The van der Waals surface area contributed by atoms with Crippen LogP contribution < -0.4 is 15.4 Å². The second-order valence-electron chi connectivity index (χ2n) is 7.67. The van der Waals surface area contributed by atoms with E-state index in [-0.39, 0.29) is 64.2 Å². The topological polar surface area (TPSA) is 174 Å². The summed E-state index contributed by atoms with van der Waals surface area (Å²) < 4.78 is 30.0. The Bertz CT molecular complexity index is 810. The van der Waals surface area contributed by atoms with E-state index in [2.05, 4.69) is 10.6 Å². The number of carbonyl (C=O) groups is 3. The molecule has 0 atom stereocenters. The van der Waals surface area contributed by atoms with Crippen molar-refractivity contribution < 1.29 is 47.7 Å². The Morgan fingerprint density at radius 1 is 0.829 bits per heavy atom. The average molecular weight is 501 g/mol. The third kappa shape index (κ3) is 15.8. The highest BCUT2D eigenvalue weighted by Crippen LogP contribution is 2.17. The van der Waals surface area contributed by atoms with Crippen molar-refractivity contribution in [2.45, 2.75) is 26.4 Å². The van der Waals surface area contributed by atoms with E-state index in [1.807, 2.05) is 0 Å². The molecule has 2 N–H and O–H groups in total. The largest absolute Gasteiger partial charge is 0.513 e. The molecule has 0 aliphatic rings. The number of nitrogens with one attached hydrogen (secondary N) is 2. The lowest BCUT2D eigenvalue weighted by atomic mass is 10.2. The monoisotopic (exact) mass is 501 g/mol. The fourth-order valence-electron chi connectivity index (χ4n) is 2.16. The second kappa shape index (κ2) is 16.1. The molecule has 14 nitrogen and oxygen atoms in total. The molecule has 0 unspecified atom stereocenters. The van der Waals surface area contributed by atoms with Gasteiger partial charge in [-0.3, -0.25) is 10.1 Å². The number of benzene rings is 1. The number of alkyl carbamates (subject to hydrolysis) is 2. The van der Waals surface area contributed by atoms with Gasteiger partial charge in [0.25, 0.3) is 5.69 Å². The van der Waals surface area contributed by atoms with Crippen LogP contribution in [0.15, 0.2) is 24.3 Å². The van der Waals surface area contributed by atoms with Crippen molar-refractivity contribution in [3.63, 3.8) is 0 Å². The van der Waals surface area contributed by atoms with Crippen molar-refractivity contribution in [2.24, 2.45) is 0 Å². The summed E-state index contributed by atoms with van der Waals surface area (Å²) in [7, 11) is 0. The molecule has 1 rings (SSSR count). The van der Waals surface area contributed by atoms with E-state index in [4.69, 9.17) is 28.4 Å². The van der Waals surface area contributed by atoms with Crippen LogP contribution in [0.25, 0.3) is 0 Å². The molecule has 0 aromatic heterocycles. The van der Waals surface area contributed by atoms with E-state index < -0.39 is 28.9 Å². The Morgan fingerprint density at radius 2 is 1.37 bits per heavy atom. The molecule has 1 aromatic carbocycles. The van der Waals surface area contributed by atoms with Crippen LogP contribution in [-0.4, -0.2) is 81.6 Å². The number of nitrogens with zero attached hydrogens (tertiary/aromatic N) is 1. The number of nitro groups is 1. The van der Waals surface area contributed by atoms with Crippen LogP contribution in [0.1, 0.15) is 20.8 Å². The maximum absolute atomic E-state index is 11.5. The Labute approximate surface area is 202 Å². The Morgan fingerprint density at radius 3 is 1.94 bits per heavy atom. The first-order chi connectivity index (χ1) is 16.6. The minimum Gasteiger partial charge on any atom is -0.447 e. The van der Waals surface area contributed by atoms with E-state index in [0.29, 0.717) is 0 Å². The van der Waals surface area contributed by atoms with Crippen molar-refractivity contribution >= 4 is 24.0 Å². The normalized spacial score (nSPS) is 10.7. The highest BCUT2D eigenvalue weighted by Gasteiger charge is 2.15. The molecule has 0 bridgehead atoms. The van der Waals surface area contributed by atoms with Crippen LogP contribution in [0.5, 0.6) is 5.75 Å². The molecular formula is C21H31N3O11. The van der Waals surface area contributed by atoms with Crippen LogP contribution >= 0.6 is 0 Å². The fourth-order valence-corrected chi connectivity index (χ4v) is 2.16. The molecule has 1 aromatic rings. The number of non-ortho nitro benzene ring substituents is 1. The molecular weight excluding hydrogens is 470 g/mol. The van der Waals surface area contributed by atoms with Crippen molar-refractivity contribution in [2.75, 3.05) is 52.7 Å². The minimum atomic E-state index is -0.985. The van der Waals surface area contributed by atoms with Crippen molar-refractivity contribution in [3.8, 4) is 5.75 Å². The van der Waals surface area contributed by atoms with Gasteiger partial charge in [0.05, 0.1) is 31.4 Å². The van der Waals surface area contributed by atoms with Gasteiger partial charge in [0, 0.05) is 25.2 Å². The van der Waals surface area contributed by atoms with E-state index in [0.717, 1.165) is 0 Å². The Kier molecular flexibility index (Phi) is 13.5. The minimum absolute atomic E-state index is 0.0141. The lowest BCUT2D eigenvalue weighted by Gasteiger charge is -2.19. The summed E-state index contributed by atoms with van der Waals surface area (Å²) in [5.74, 6) is 0.101. The van der Waals surface area contributed by atoms with Gasteiger partial charge in [-0.25, -0.2) is 14.4 Å². The summed E-state index contributed by atoms with van der Waals surface area (Å²) >= 11 is 0. The summed E-state index contributed by atoms with van der Waals surface area (Å²) in [6, 6.07) is 4.94. The van der Waals surface area contributed by atoms with Crippen LogP contribution in [0.4, 0.5) is 20.1 Å². The van der Waals surface area contributed by atoms with Crippen molar-refractivity contribution in [3.05, 3.63) is 34.4 Å². The second-order valence-corrected chi connectivity index (χ2v) is 7.67. The Balaban J connectivity index is 1.93. The quantitative estimate of drug-likeness (QED) is 0.0956. The molecule has 196 valence electrons. The van der Waals surface area contributed by atoms with Gasteiger partial charge in [-0.2, -0.15) is 0 Å². The highest BCUT2D eigenvalue weighted by atomic mass is 16.7. The van der Waals surface area contributed by atoms with Crippen LogP contribution in [0.2, 0.25) is 0 Å². The first kappa shape index (κ1) is 29.4. The van der Waals surface area contributed by atoms with E-state index in [1.54, 1.807) is 20.8 Å². The number of nitro benzene ring substituents is 1. The van der Waals surface area contributed by atoms with Crippen molar-refractivity contribution in [1.29, 1.82) is 0 Å². The molecule has 0 saturated heterocycles. The standard InChI is InChI=1S/C21H31N3O11/c1-21(2,3)35-19(26)23-9-11-30-10-8-22-18(25)32-14-12-31-13-15-33-20(27)34-17-6-4-16(5-7-17)24(28)29/h4-7H,8-15H2,1-3H3,(H,22,25)(H,23,26). The molecule has 2 amide bonds. The third-order valence-corrected chi connectivity index (χ3v) is 3.59. The van der Waals surface area contributed by atoms with Gasteiger partial charge in [-0.05, 0) is 32.9 Å². The zero-order valence-electron chi connectivity index (χ0n) is 19.9. The lowest BCUT2D eigenvalue weighted by molar-refractivity contribution is -0.384. The van der Waals surface area contributed by atoms with E-state index in [9.17, 15) is 24.5 Å². The van der Waals surface area contributed by atoms with E-state index >= 15 is 0 Å². The number of rotatable bonds is 14. The van der Waals surface area contributed by atoms with Gasteiger partial charge in [0.2, 0.25) is 0 Å². The summed E-state index contributed by atoms with van der Waals surface area (Å²) in [6.45, 7) is 6.29. The number of carbonyl (C=O) groups excluding carboxylic acids is 3. The molecule has 0 spiro atoms. The number of amides is 2. The predicted octanol–water partition coefficient (Wildman–Crippen LogP) is 2.39. The maximum Gasteiger partial charge on any atom is 0.513 e. The lowest BCUT2D eigenvalue weighted by Crippen LogP contribution is -2.34. The molecule has 0 radical (unpaired) electrons. The molecule has 0 saturated carbocycles. The highest BCUT2D eigenvalue weighted by molar-refractivity contribution is 5.67. The molecule has 0 aliphatic carbocycles. The zero-order valence-corrected chi connectivity index (χ0v) is 19.9. The number of hydrogen-bond donors (Lipinski definition) is 2. The molecule has 0 heterocycles. The zero-order chi connectivity index (χ0) is 26.1.